The molecule has 0 saturated heterocycles. The first-order valence-electron chi connectivity index (χ1n) is 11.0. The van der Waals surface area contributed by atoms with Crippen molar-refractivity contribution in [2.75, 3.05) is 7.11 Å². The molecule has 1 unspecified atom stereocenters. The number of hydrogen-bond acceptors (Lipinski definition) is 5. The largest absolute Gasteiger partial charge is 0.467 e. The molecule has 1 aliphatic heterocycles. The topological polar surface area (TPSA) is 84.5 Å². The number of carbonyl (C=O) groups is 3. The lowest BCUT2D eigenvalue weighted by molar-refractivity contribution is -0.146. The van der Waals surface area contributed by atoms with Crippen LogP contribution in [0.3, 0.4) is 0 Å². The second-order valence-electron chi connectivity index (χ2n) is 8.39. The molecular formula is C25H28N2O4S. The molecule has 2 N–H and O–H groups in total. The van der Waals surface area contributed by atoms with E-state index in [1.54, 1.807) is 23.9 Å². The average molecular weight is 453 g/mol. The van der Waals surface area contributed by atoms with Crippen LogP contribution in [-0.4, -0.2) is 35.7 Å². The lowest BCUT2D eigenvalue weighted by Crippen LogP contribution is -2.61. The zero-order valence-corrected chi connectivity index (χ0v) is 19.0. The van der Waals surface area contributed by atoms with Gasteiger partial charge < -0.3 is 15.4 Å². The minimum atomic E-state index is -1.02. The number of esters is 1. The first-order chi connectivity index (χ1) is 15.5. The van der Waals surface area contributed by atoms with Gasteiger partial charge in [-0.3, -0.25) is 9.59 Å². The van der Waals surface area contributed by atoms with Crippen LogP contribution in [0.2, 0.25) is 0 Å². The van der Waals surface area contributed by atoms with Crippen LogP contribution in [0.5, 0.6) is 0 Å². The van der Waals surface area contributed by atoms with E-state index in [4.69, 9.17) is 4.74 Å². The summed E-state index contributed by atoms with van der Waals surface area (Å²) in [6, 6.07) is 16.1. The summed E-state index contributed by atoms with van der Waals surface area (Å²) in [5.74, 6) is -0.994. The van der Waals surface area contributed by atoms with Crippen molar-refractivity contribution in [3.05, 3.63) is 65.7 Å². The third-order valence-electron chi connectivity index (χ3n) is 6.29. The van der Waals surface area contributed by atoms with Gasteiger partial charge in [-0.1, -0.05) is 67.8 Å². The minimum absolute atomic E-state index is 0.127. The van der Waals surface area contributed by atoms with Gasteiger partial charge in [-0.25, -0.2) is 4.79 Å². The van der Waals surface area contributed by atoms with E-state index in [2.05, 4.69) is 10.6 Å². The summed E-state index contributed by atoms with van der Waals surface area (Å²) in [6.45, 7) is 0. The SMILES string of the molecule is COC(=O)[C@@H](NC(=O)C1(NC(=O)C2Cc3ccccc3S2)CCCCC1)c1ccccc1. The van der Waals surface area contributed by atoms with E-state index in [1.807, 2.05) is 42.5 Å². The van der Waals surface area contributed by atoms with Gasteiger partial charge in [-0.2, -0.15) is 0 Å². The van der Waals surface area contributed by atoms with Crippen molar-refractivity contribution in [2.24, 2.45) is 0 Å². The Kier molecular flexibility index (Phi) is 6.84. The molecular weight excluding hydrogens is 424 g/mol. The molecule has 2 atom stereocenters. The number of hydrogen-bond donors (Lipinski definition) is 2. The Balaban J connectivity index is 1.52. The van der Waals surface area contributed by atoms with Gasteiger partial charge in [0.15, 0.2) is 6.04 Å². The maximum atomic E-state index is 13.6. The molecule has 1 saturated carbocycles. The van der Waals surface area contributed by atoms with Crippen molar-refractivity contribution in [1.29, 1.82) is 0 Å². The highest BCUT2D eigenvalue weighted by Gasteiger charge is 2.44. The molecule has 2 amide bonds. The van der Waals surface area contributed by atoms with E-state index in [0.717, 1.165) is 29.7 Å². The lowest BCUT2D eigenvalue weighted by Gasteiger charge is -2.38. The number of ether oxygens (including phenoxy) is 1. The molecule has 2 aromatic carbocycles. The highest BCUT2D eigenvalue weighted by molar-refractivity contribution is 8.01. The Labute approximate surface area is 192 Å². The standard InChI is InChI=1S/C25H28N2O4S/c1-31-23(29)21(17-10-4-2-5-11-17)26-24(30)25(14-8-3-9-15-25)27-22(28)20-16-18-12-6-7-13-19(18)32-20/h2,4-7,10-13,20-21H,3,8-9,14-16H2,1H3,(H,26,30)(H,27,28)/t20?,21-/m0/s1. The summed E-state index contributed by atoms with van der Waals surface area (Å²) < 4.78 is 4.94. The van der Waals surface area contributed by atoms with Crippen molar-refractivity contribution in [3.8, 4) is 0 Å². The Morgan fingerprint density at radius 3 is 2.38 bits per heavy atom. The molecule has 1 aliphatic carbocycles. The van der Waals surface area contributed by atoms with Gasteiger partial charge in [0.25, 0.3) is 0 Å². The first-order valence-corrected chi connectivity index (χ1v) is 11.9. The van der Waals surface area contributed by atoms with Gasteiger partial charge in [-0.05, 0) is 36.5 Å². The smallest absolute Gasteiger partial charge is 0.333 e. The number of amides is 2. The summed E-state index contributed by atoms with van der Waals surface area (Å²) >= 11 is 1.54. The zero-order valence-electron chi connectivity index (χ0n) is 18.1. The van der Waals surface area contributed by atoms with Gasteiger partial charge >= 0.3 is 5.97 Å². The van der Waals surface area contributed by atoms with E-state index in [-0.39, 0.29) is 17.1 Å². The molecule has 6 nitrogen and oxygen atoms in total. The van der Waals surface area contributed by atoms with Crippen LogP contribution in [0.4, 0.5) is 0 Å². The van der Waals surface area contributed by atoms with Crippen LogP contribution in [-0.2, 0) is 25.5 Å². The summed E-state index contributed by atoms with van der Waals surface area (Å²) in [5, 5.41) is 5.71. The Morgan fingerprint density at radius 1 is 1.00 bits per heavy atom. The van der Waals surface area contributed by atoms with Crippen molar-refractivity contribution in [3.63, 3.8) is 0 Å². The quantitative estimate of drug-likeness (QED) is 0.655. The predicted molar refractivity (Wildman–Crippen MR) is 123 cm³/mol. The third kappa shape index (κ3) is 4.67. The Bertz CT molecular complexity index is 963. The van der Waals surface area contributed by atoms with Gasteiger partial charge in [0.2, 0.25) is 11.8 Å². The zero-order chi connectivity index (χ0) is 22.6. The second kappa shape index (κ2) is 9.77. The number of carbonyl (C=O) groups excluding carboxylic acids is 3. The molecule has 0 radical (unpaired) electrons. The third-order valence-corrected chi connectivity index (χ3v) is 7.61. The van der Waals surface area contributed by atoms with Crippen LogP contribution in [0.25, 0.3) is 0 Å². The van der Waals surface area contributed by atoms with E-state index < -0.39 is 17.6 Å². The number of nitrogens with one attached hydrogen (secondary N) is 2. The van der Waals surface area contributed by atoms with Crippen LogP contribution in [0.1, 0.15) is 49.3 Å². The Morgan fingerprint density at radius 2 is 1.69 bits per heavy atom. The van der Waals surface area contributed by atoms with Gasteiger partial charge in [-0.15, -0.1) is 11.8 Å². The van der Waals surface area contributed by atoms with Crippen molar-refractivity contribution < 1.29 is 19.1 Å². The molecule has 0 aromatic heterocycles. The van der Waals surface area contributed by atoms with Crippen molar-refractivity contribution in [2.45, 2.75) is 60.3 Å². The van der Waals surface area contributed by atoms with Crippen molar-refractivity contribution in [1.82, 2.24) is 10.6 Å². The second-order valence-corrected chi connectivity index (χ2v) is 9.64. The van der Waals surface area contributed by atoms with Crippen LogP contribution in [0.15, 0.2) is 59.5 Å². The van der Waals surface area contributed by atoms with E-state index in [0.29, 0.717) is 24.8 Å². The monoisotopic (exact) mass is 452 g/mol. The van der Waals surface area contributed by atoms with Gasteiger partial charge in [0.1, 0.15) is 5.54 Å². The summed E-state index contributed by atoms with van der Waals surface area (Å²) in [4.78, 5) is 40.4. The summed E-state index contributed by atoms with van der Waals surface area (Å²) in [7, 11) is 1.30. The first kappa shape index (κ1) is 22.4. The maximum absolute atomic E-state index is 13.6. The lowest BCUT2D eigenvalue weighted by atomic mass is 9.80. The van der Waals surface area contributed by atoms with E-state index in [9.17, 15) is 14.4 Å². The van der Waals surface area contributed by atoms with Crippen LogP contribution < -0.4 is 10.6 Å². The predicted octanol–water partition coefficient (Wildman–Crippen LogP) is 3.55. The highest BCUT2D eigenvalue weighted by Crippen LogP contribution is 2.38. The number of fused-ring (bicyclic) bond motifs is 1. The van der Waals surface area contributed by atoms with Crippen molar-refractivity contribution >= 4 is 29.5 Å². The van der Waals surface area contributed by atoms with Crippen LogP contribution >= 0.6 is 11.8 Å². The fourth-order valence-corrected chi connectivity index (χ4v) is 5.71. The molecule has 2 aromatic rings. The molecule has 2 aliphatic rings. The van der Waals surface area contributed by atoms with E-state index >= 15 is 0 Å². The normalized spacial score (nSPS) is 20.0. The fraction of sp³-hybridized carbons (Fsp3) is 0.400. The number of thioether (sulfide) groups is 1. The molecule has 7 heteroatoms. The van der Waals surface area contributed by atoms with Gasteiger partial charge in [0.05, 0.1) is 12.4 Å². The molecule has 0 bridgehead atoms. The molecule has 0 spiro atoms. The minimum Gasteiger partial charge on any atom is -0.467 e. The summed E-state index contributed by atoms with van der Waals surface area (Å²) in [6.07, 6.45) is 4.47. The van der Waals surface area contributed by atoms with E-state index in [1.165, 1.54) is 7.11 Å². The molecule has 168 valence electrons. The van der Waals surface area contributed by atoms with Gasteiger partial charge in [0, 0.05) is 4.90 Å². The molecule has 32 heavy (non-hydrogen) atoms. The Hall–Kier alpha value is -2.80. The fourth-order valence-electron chi connectivity index (χ4n) is 4.52. The molecule has 1 heterocycles. The number of benzene rings is 2. The molecule has 1 fully saturated rings. The molecule has 4 rings (SSSR count). The maximum Gasteiger partial charge on any atom is 0.333 e. The summed E-state index contributed by atoms with van der Waals surface area (Å²) in [5.41, 5.74) is 0.785. The number of methoxy groups -OCH3 is 1. The van der Waals surface area contributed by atoms with Crippen LogP contribution in [0, 0.1) is 0 Å². The highest BCUT2D eigenvalue weighted by atomic mass is 32.2. The number of rotatable bonds is 6. The average Bonchev–Trinajstić information content (AvgIpc) is 3.27.